The number of unbranched alkanes of at least 4 members (excludes halogenated alkanes) is 4. The fraction of sp³-hybridized carbons (Fsp3) is 0.857. The van der Waals surface area contributed by atoms with E-state index in [4.69, 9.17) is 0 Å². The molecule has 0 unspecified atom stereocenters. The lowest BCUT2D eigenvalue weighted by Gasteiger charge is -2.05. The first kappa shape index (κ1) is 13.6. The molecule has 0 bridgehead atoms. The normalized spacial score (nSPS) is 10.0. The smallest absolute Gasteiger partial charge is 0.0117 e. The molecular weight excluding hydrogens is 168 g/mol. The number of rotatable bonds is 7. The maximum absolute atomic E-state index is 3.31. The van der Waals surface area contributed by atoms with E-state index in [1.54, 1.807) is 0 Å². The van der Waals surface area contributed by atoms with E-state index in [1.807, 2.05) is 0 Å². The van der Waals surface area contributed by atoms with E-state index < -0.39 is 0 Å². The van der Waals surface area contributed by atoms with E-state index in [1.165, 1.54) is 38.5 Å². The van der Waals surface area contributed by atoms with Gasteiger partial charge in [0.1, 0.15) is 0 Å². The van der Waals surface area contributed by atoms with E-state index in [0.717, 1.165) is 18.8 Å². The fourth-order valence-electron chi connectivity index (χ4n) is 1.52. The summed E-state index contributed by atoms with van der Waals surface area (Å²) in [4.78, 5) is 0. The zero-order valence-electron chi connectivity index (χ0n) is 10.2. The zero-order chi connectivity index (χ0) is 10.6. The summed E-state index contributed by atoms with van der Waals surface area (Å²) in [6.07, 6.45) is 10.1. The molecule has 0 aromatic carbocycles. The Balaban J connectivity index is 3.33. The lowest BCUT2D eigenvalue weighted by atomic mass is 10.00. The summed E-state index contributed by atoms with van der Waals surface area (Å²) in [5.74, 6) is 7.44. The second kappa shape index (κ2) is 10.6. The van der Waals surface area contributed by atoms with Crippen molar-refractivity contribution in [2.75, 3.05) is 0 Å². The van der Waals surface area contributed by atoms with Gasteiger partial charge in [0, 0.05) is 12.8 Å². The molecule has 14 heavy (non-hydrogen) atoms. The quantitative estimate of drug-likeness (QED) is 0.404. The molecule has 0 aliphatic heterocycles. The summed E-state index contributed by atoms with van der Waals surface area (Å²) >= 11 is 0. The lowest BCUT2D eigenvalue weighted by molar-refractivity contribution is 0.506. The highest BCUT2D eigenvalue weighted by molar-refractivity contribution is 4.99. The minimum Gasteiger partial charge on any atom is -0.103 e. The van der Waals surface area contributed by atoms with Crippen molar-refractivity contribution >= 4 is 0 Å². The van der Waals surface area contributed by atoms with Crippen LogP contribution >= 0.6 is 0 Å². The van der Waals surface area contributed by atoms with Crippen LogP contribution in [0.5, 0.6) is 0 Å². The molecular formula is C14H26. The highest BCUT2D eigenvalue weighted by atomic mass is 14.0. The van der Waals surface area contributed by atoms with Crippen molar-refractivity contribution in [3.63, 3.8) is 0 Å². The van der Waals surface area contributed by atoms with Crippen LogP contribution in [-0.2, 0) is 0 Å². The molecule has 0 aliphatic rings. The van der Waals surface area contributed by atoms with Gasteiger partial charge < -0.3 is 0 Å². The van der Waals surface area contributed by atoms with Crippen molar-refractivity contribution in [2.45, 2.75) is 72.1 Å². The predicted octanol–water partition coefficient (Wildman–Crippen LogP) is 4.79. The van der Waals surface area contributed by atoms with Crippen LogP contribution < -0.4 is 0 Å². The minimum absolute atomic E-state index is 0.832. The Morgan fingerprint density at radius 3 is 2.14 bits per heavy atom. The molecule has 82 valence electrons. The summed E-state index contributed by atoms with van der Waals surface area (Å²) < 4.78 is 0. The van der Waals surface area contributed by atoms with Crippen LogP contribution in [0.2, 0.25) is 0 Å². The van der Waals surface area contributed by atoms with E-state index in [-0.39, 0.29) is 0 Å². The third-order valence-corrected chi connectivity index (χ3v) is 2.83. The SMILES string of the molecule is CCCCCCC#CCC(CC)CC. The Bertz CT molecular complexity index is 155. The highest BCUT2D eigenvalue weighted by Gasteiger charge is 1.98. The summed E-state index contributed by atoms with van der Waals surface area (Å²) in [6.45, 7) is 6.77. The second-order valence-electron chi connectivity index (χ2n) is 4.05. The first-order valence-corrected chi connectivity index (χ1v) is 6.30. The van der Waals surface area contributed by atoms with Crippen molar-refractivity contribution in [3.8, 4) is 11.8 Å². The van der Waals surface area contributed by atoms with E-state index in [0.29, 0.717) is 0 Å². The molecule has 0 radical (unpaired) electrons. The molecule has 0 aromatic rings. The van der Waals surface area contributed by atoms with Crippen molar-refractivity contribution < 1.29 is 0 Å². The van der Waals surface area contributed by atoms with Gasteiger partial charge in [0.05, 0.1) is 0 Å². The molecule has 0 nitrogen and oxygen atoms in total. The van der Waals surface area contributed by atoms with E-state index >= 15 is 0 Å². The van der Waals surface area contributed by atoms with Gasteiger partial charge in [-0.1, -0.05) is 52.9 Å². The van der Waals surface area contributed by atoms with Gasteiger partial charge in [0.2, 0.25) is 0 Å². The van der Waals surface area contributed by atoms with Crippen molar-refractivity contribution in [2.24, 2.45) is 5.92 Å². The Labute approximate surface area is 90.5 Å². The molecule has 0 saturated heterocycles. The summed E-state index contributed by atoms with van der Waals surface area (Å²) in [6, 6.07) is 0. The van der Waals surface area contributed by atoms with Gasteiger partial charge >= 0.3 is 0 Å². The Morgan fingerprint density at radius 2 is 1.57 bits per heavy atom. The number of hydrogen-bond donors (Lipinski definition) is 0. The molecule has 0 fully saturated rings. The van der Waals surface area contributed by atoms with Crippen molar-refractivity contribution in [1.82, 2.24) is 0 Å². The van der Waals surface area contributed by atoms with Gasteiger partial charge in [-0.05, 0) is 12.3 Å². The average molecular weight is 194 g/mol. The molecule has 0 saturated carbocycles. The fourth-order valence-corrected chi connectivity index (χ4v) is 1.52. The van der Waals surface area contributed by atoms with Gasteiger partial charge in [0.15, 0.2) is 0 Å². The van der Waals surface area contributed by atoms with Gasteiger partial charge in [-0.15, -0.1) is 11.8 Å². The average Bonchev–Trinajstić information content (AvgIpc) is 2.22. The predicted molar refractivity (Wildman–Crippen MR) is 65.2 cm³/mol. The Morgan fingerprint density at radius 1 is 0.857 bits per heavy atom. The van der Waals surface area contributed by atoms with E-state index in [2.05, 4.69) is 32.6 Å². The van der Waals surface area contributed by atoms with Crippen LogP contribution in [0, 0.1) is 17.8 Å². The second-order valence-corrected chi connectivity index (χ2v) is 4.05. The molecule has 0 heteroatoms. The van der Waals surface area contributed by atoms with Gasteiger partial charge in [0.25, 0.3) is 0 Å². The zero-order valence-corrected chi connectivity index (χ0v) is 10.2. The van der Waals surface area contributed by atoms with Crippen LogP contribution in [-0.4, -0.2) is 0 Å². The molecule has 0 amide bonds. The molecule has 0 rings (SSSR count). The molecule has 0 heterocycles. The summed E-state index contributed by atoms with van der Waals surface area (Å²) in [7, 11) is 0. The molecule has 0 aromatic heterocycles. The Kier molecular flexibility index (Phi) is 10.3. The summed E-state index contributed by atoms with van der Waals surface area (Å²) in [5, 5.41) is 0. The van der Waals surface area contributed by atoms with Crippen LogP contribution in [0.4, 0.5) is 0 Å². The monoisotopic (exact) mass is 194 g/mol. The third-order valence-electron chi connectivity index (χ3n) is 2.83. The summed E-state index contributed by atoms with van der Waals surface area (Å²) in [5.41, 5.74) is 0. The molecule has 0 spiro atoms. The third kappa shape index (κ3) is 8.17. The minimum atomic E-state index is 0.832. The topological polar surface area (TPSA) is 0 Å². The van der Waals surface area contributed by atoms with Crippen molar-refractivity contribution in [1.29, 1.82) is 0 Å². The van der Waals surface area contributed by atoms with Crippen LogP contribution in [0.25, 0.3) is 0 Å². The Hall–Kier alpha value is -0.440. The van der Waals surface area contributed by atoms with Crippen LogP contribution in [0.15, 0.2) is 0 Å². The van der Waals surface area contributed by atoms with Gasteiger partial charge in [-0.25, -0.2) is 0 Å². The maximum Gasteiger partial charge on any atom is 0.0117 e. The maximum atomic E-state index is 3.31. The van der Waals surface area contributed by atoms with Crippen LogP contribution in [0.3, 0.4) is 0 Å². The van der Waals surface area contributed by atoms with Crippen molar-refractivity contribution in [3.05, 3.63) is 0 Å². The van der Waals surface area contributed by atoms with Gasteiger partial charge in [-0.3, -0.25) is 0 Å². The lowest BCUT2D eigenvalue weighted by Crippen LogP contribution is -1.93. The molecule has 0 aliphatic carbocycles. The highest BCUT2D eigenvalue weighted by Crippen LogP contribution is 2.11. The van der Waals surface area contributed by atoms with Gasteiger partial charge in [-0.2, -0.15) is 0 Å². The van der Waals surface area contributed by atoms with E-state index in [9.17, 15) is 0 Å². The number of hydrogen-bond acceptors (Lipinski definition) is 0. The molecule has 0 atom stereocenters. The van der Waals surface area contributed by atoms with Crippen LogP contribution in [0.1, 0.15) is 72.1 Å². The first-order chi connectivity index (χ1) is 6.85. The first-order valence-electron chi connectivity index (χ1n) is 6.30. The largest absolute Gasteiger partial charge is 0.103 e. The molecule has 0 N–H and O–H groups in total. The standard InChI is InChI=1S/C14H26/c1-4-7-8-9-10-11-12-13-14(5-2)6-3/h14H,4-10,13H2,1-3H3.